The molecule has 0 aliphatic carbocycles. The summed E-state index contributed by atoms with van der Waals surface area (Å²) in [5.41, 5.74) is 4.85. The number of carboxylic acid groups (broad SMARTS) is 1. The number of nitrogens with two attached hydrogens (primary N) is 1. The lowest BCUT2D eigenvalue weighted by molar-refractivity contribution is -0.136. The van der Waals surface area contributed by atoms with Gasteiger partial charge in [-0.1, -0.05) is 0 Å². The van der Waals surface area contributed by atoms with Gasteiger partial charge in [0, 0.05) is 19.6 Å². The maximum atomic E-state index is 9.52. The van der Waals surface area contributed by atoms with E-state index in [4.69, 9.17) is 21.1 Å². The van der Waals surface area contributed by atoms with Gasteiger partial charge in [-0.25, -0.2) is 0 Å². The van der Waals surface area contributed by atoms with Gasteiger partial charge in [0.05, 0.1) is 19.6 Å². The zero-order valence-electron chi connectivity index (χ0n) is 7.57. The molecule has 0 aromatic rings. The Bertz CT molecular complexity index is 107. The molecule has 13 heavy (non-hydrogen) atoms. The molecule has 6 heteroatoms. The number of hydrogen-bond acceptors (Lipinski definition) is 5. The fourth-order valence-electron chi connectivity index (χ4n) is 0.407. The standard InChI is InChI=1S/C4H11NO2.C3H7NO2/c6-3-1-5-2-4-7;4-2-1-3(5)6/h5-7H,1-4H2;1-2,4H2,(H,5,6). The third kappa shape index (κ3) is 24.6. The first-order valence-corrected chi connectivity index (χ1v) is 4.03. The van der Waals surface area contributed by atoms with E-state index >= 15 is 0 Å². The molecule has 80 valence electrons. The number of carbonyl (C=O) groups is 1. The van der Waals surface area contributed by atoms with E-state index in [1.54, 1.807) is 0 Å². The molecule has 0 aliphatic rings. The zero-order chi connectivity index (χ0) is 10.5. The van der Waals surface area contributed by atoms with Crippen LogP contribution in [0.4, 0.5) is 0 Å². The van der Waals surface area contributed by atoms with Crippen LogP contribution in [0.2, 0.25) is 0 Å². The predicted octanol–water partition coefficient (Wildman–Crippen LogP) is -2.02. The van der Waals surface area contributed by atoms with Crippen LogP contribution in [0.15, 0.2) is 0 Å². The fourth-order valence-corrected chi connectivity index (χ4v) is 0.407. The molecule has 0 saturated heterocycles. The van der Waals surface area contributed by atoms with Crippen molar-refractivity contribution in [2.24, 2.45) is 5.73 Å². The van der Waals surface area contributed by atoms with Crippen molar-refractivity contribution in [1.29, 1.82) is 0 Å². The Hall–Kier alpha value is -0.690. The molecule has 0 aromatic carbocycles. The highest BCUT2D eigenvalue weighted by Crippen LogP contribution is 1.67. The summed E-state index contributed by atoms with van der Waals surface area (Å²) in [6.45, 7) is 1.65. The topological polar surface area (TPSA) is 116 Å². The molecule has 0 bridgehead atoms. The SMILES string of the molecule is NCCC(=O)O.OCCNCCO. The third-order valence-corrected chi connectivity index (χ3v) is 0.935. The predicted molar refractivity (Wildman–Crippen MR) is 48.3 cm³/mol. The monoisotopic (exact) mass is 194 g/mol. The van der Waals surface area contributed by atoms with Gasteiger partial charge in [0.25, 0.3) is 0 Å². The van der Waals surface area contributed by atoms with E-state index < -0.39 is 5.97 Å². The van der Waals surface area contributed by atoms with Crippen LogP contribution in [-0.2, 0) is 4.79 Å². The number of aliphatic hydroxyl groups excluding tert-OH is 2. The van der Waals surface area contributed by atoms with Crippen LogP contribution in [0.3, 0.4) is 0 Å². The molecule has 0 saturated carbocycles. The van der Waals surface area contributed by atoms with Crippen molar-refractivity contribution >= 4 is 5.97 Å². The Kier molecular flexibility index (Phi) is 15.8. The van der Waals surface area contributed by atoms with E-state index in [1.165, 1.54) is 0 Å². The van der Waals surface area contributed by atoms with Crippen molar-refractivity contribution in [1.82, 2.24) is 5.32 Å². The van der Waals surface area contributed by atoms with Crippen molar-refractivity contribution in [3.05, 3.63) is 0 Å². The minimum atomic E-state index is -0.836. The number of aliphatic carboxylic acids is 1. The summed E-state index contributed by atoms with van der Waals surface area (Å²) in [5.74, 6) is -0.836. The van der Waals surface area contributed by atoms with E-state index in [-0.39, 0.29) is 26.2 Å². The van der Waals surface area contributed by atoms with E-state index in [1.807, 2.05) is 0 Å². The molecule has 6 N–H and O–H groups in total. The quantitative estimate of drug-likeness (QED) is 0.312. The molecule has 0 heterocycles. The number of rotatable bonds is 6. The Labute approximate surface area is 77.4 Å². The van der Waals surface area contributed by atoms with Gasteiger partial charge < -0.3 is 26.4 Å². The number of carboxylic acids is 1. The van der Waals surface area contributed by atoms with Gasteiger partial charge in [0.2, 0.25) is 0 Å². The zero-order valence-corrected chi connectivity index (χ0v) is 7.57. The van der Waals surface area contributed by atoms with Crippen molar-refractivity contribution in [2.75, 3.05) is 32.8 Å². The largest absolute Gasteiger partial charge is 0.481 e. The maximum Gasteiger partial charge on any atom is 0.304 e. The minimum Gasteiger partial charge on any atom is -0.481 e. The lowest BCUT2D eigenvalue weighted by Gasteiger charge is -1.94. The number of hydrogen-bond donors (Lipinski definition) is 5. The first kappa shape index (κ1) is 14.8. The Morgan fingerprint density at radius 1 is 1.23 bits per heavy atom. The second-order valence-corrected chi connectivity index (χ2v) is 2.13. The van der Waals surface area contributed by atoms with Gasteiger partial charge in [-0.15, -0.1) is 0 Å². The van der Waals surface area contributed by atoms with Crippen LogP contribution in [-0.4, -0.2) is 54.1 Å². The van der Waals surface area contributed by atoms with Crippen LogP contribution >= 0.6 is 0 Å². The van der Waals surface area contributed by atoms with E-state index in [0.717, 1.165) is 0 Å². The average Bonchev–Trinajstić information content (AvgIpc) is 2.06. The molecule has 0 spiro atoms. The molecule has 0 atom stereocenters. The van der Waals surface area contributed by atoms with Crippen LogP contribution in [0.5, 0.6) is 0 Å². The second kappa shape index (κ2) is 13.9. The summed E-state index contributed by atoms with van der Waals surface area (Å²) >= 11 is 0. The van der Waals surface area contributed by atoms with Crippen LogP contribution in [0.1, 0.15) is 6.42 Å². The Morgan fingerprint density at radius 2 is 1.69 bits per heavy atom. The molecule has 0 aromatic heterocycles. The maximum absolute atomic E-state index is 9.52. The number of nitrogens with one attached hydrogen (secondary N) is 1. The molecule has 0 fully saturated rings. The summed E-state index contributed by atoms with van der Waals surface area (Å²) in [7, 11) is 0. The Balaban J connectivity index is 0. The highest BCUT2D eigenvalue weighted by molar-refractivity contribution is 5.66. The molecule has 0 unspecified atom stereocenters. The smallest absolute Gasteiger partial charge is 0.304 e. The molecular weight excluding hydrogens is 176 g/mol. The van der Waals surface area contributed by atoms with Crippen molar-refractivity contribution in [3.8, 4) is 0 Å². The van der Waals surface area contributed by atoms with Crippen molar-refractivity contribution in [2.45, 2.75) is 6.42 Å². The van der Waals surface area contributed by atoms with Gasteiger partial charge in [0.15, 0.2) is 0 Å². The molecule has 0 rings (SSSR count). The van der Waals surface area contributed by atoms with Gasteiger partial charge in [-0.3, -0.25) is 4.79 Å². The third-order valence-electron chi connectivity index (χ3n) is 0.935. The van der Waals surface area contributed by atoms with E-state index in [9.17, 15) is 4.79 Å². The van der Waals surface area contributed by atoms with Crippen molar-refractivity contribution in [3.63, 3.8) is 0 Å². The van der Waals surface area contributed by atoms with Crippen LogP contribution < -0.4 is 11.1 Å². The normalized spacial score (nSPS) is 8.85. The summed E-state index contributed by atoms with van der Waals surface area (Å²) in [6, 6.07) is 0. The molecule has 6 nitrogen and oxygen atoms in total. The number of aliphatic hydroxyl groups is 2. The summed E-state index contributed by atoms with van der Waals surface area (Å²) < 4.78 is 0. The summed E-state index contributed by atoms with van der Waals surface area (Å²) in [6.07, 6.45) is 0.0694. The lowest BCUT2D eigenvalue weighted by atomic mass is 10.5. The molecule has 0 radical (unpaired) electrons. The minimum absolute atomic E-state index is 0.0694. The van der Waals surface area contributed by atoms with E-state index in [2.05, 4.69) is 5.32 Å². The lowest BCUT2D eigenvalue weighted by Crippen LogP contribution is -2.21. The highest BCUT2D eigenvalue weighted by atomic mass is 16.4. The molecule has 0 aliphatic heterocycles. The van der Waals surface area contributed by atoms with E-state index in [0.29, 0.717) is 13.1 Å². The molecule has 0 amide bonds. The van der Waals surface area contributed by atoms with Gasteiger partial charge in [-0.2, -0.15) is 0 Å². The summed E-state index contributed by atoms with van der Waals surface area (Å²) in [4.78, 5) is 9.52. The second-order valence-electron chi connectivity index (χ2n) is 2.13. The van der Waals surface area contributed by atoms with Crippen LogP contribution in [0.25, 0.3) is 0 Å². The fraction of sp³-hybridized carbons (Fsp3) is 0.857. The van der Waals surface area contributed by atoms with Gasteiger partial charge >= 0.3 is 5.97 Å². The van der Waals surface area contributed by atoms with Gasteiger partial charge in [-0.05, 0) is 0 Å². The van der Waals surface area contributed by atoms with Crippen LogP contribution in [0, 0.1) is 0 Å². The summed E-state index contributed by atoms with van der Waals surface area (Å²) in [5, 5.41) is 26.9. The highest BCUT2D eigenvalue weighted by Gasteiger charge is 1.87. The first-order chi connectivity index (χ1) is 6.18. The Morgan fingerprint density at radius 3 is 1.85 bits per heavy atom. The molecular formula is C7H18N2O4. The first-order valence-electron chi connectivity index (χ1n) is 4.03. The average molecular weight is 194 g/mol. The van der Waals surface area contributed by atoms with Crippen molar-refractivity contribution < 1.29 is 20.1 Å². The van der Waals surface area contributed by atoms with Gasteiger partial charge in [0.1, 0.15) is 0 Å².